The van der Waals surface area contributed by atoms with Gasteiger partial charge in [-0.2, -0.15) is 0 Å². The number of aromatic amines is 1. The van der Waals surface area contributed by atoms with Crippen molar-refractivity contribution in [3.05, 3.63) is 82.3 Å². The highest BCUT2D eigenvalue weighted by molar-refractivity contribution is 5.54. The highest BCUT2D eigenvalue weighted by atomic mass is 16.5. The molecule has 0 bridgehead atoms. The second-order valence-electron chi connectivity index (χ2n) is 4.98. The maximum absolute atomic E-state index is 11.9. The zero-order chi connectivity index (χ0) is 15.4. The molecule has 0 saturated heterocycles. The molecule has 1 N–H and O–H groups in total. The summed E-state index contributed by atoms with van der Waals surface area (Å²) in [4.78, 5) is 19.2. The van der Waals surface area contributed by atoms with Crippen LogP contribution in [0.3, 0.4) is 0 Å². The zero-order valence-corrected chi connectivity index (χ0v) is 12.2. The number of aromatic nitrogens is 2. The third-order valence-corrected chi connectivity index (χ3v) is 3.39. The van der Waals surface area contributed by atoms with Crippen molar-refractivity contribution in [2.45, 2.75) is 6.42 Å². The summed E-state index contributed by atoms with van der Waals surface area (Å²) in [5.74, 6) is 1.41. The highest BCUT2D eigenvalue weighted by Gasteiger charge is 2.05. The number of methoxy groups -OCH3 is 1. The van der Waals surface area contributed by atoms with Gasteiger partial charge >= 0.3 is 0 Å². The number of H-pyrrole nitrogens is 1. The van der Waals surface area contributed by atoms with E-state index >= 15 is 0 Å². The lowest BCUT2D eigenvalue weighted by molar-refractivity contribution is 0.414. The largest absolute Gasteiger partial charge is 0.497 e. The summed E-state index contributed by atoms with van der Waals surface area (Å²) in [5, 5.41) is 0. The van der Waals surface area contributed by atoms with E-state index in [0.29, 0.717) is 12.2 Å². The average Bonchev–Trinajstić information content (AvgIpc) is 2.56. The van der Waals surface area contributed by atoms with Gasteiger partial charge in [-0.05, 0) is 17.7 Å². The third-order valence-electron chi connectivity index (χ3n) is 3.39. The Bertz CT molecular complexity index is 808. The summed E-state index contributed by atoms with van der Waals surface area (Å²) in [7, 11) is 1.64. The Hall–Kier alpha value is -2.88. The SMILES string of the molecule is COc1ccc(Cc2cc(=O)[nH]c(-c3ccccc3)n2)cc1. The molecule has 0 unspecified atom stereocenters. The minimum absolute atomic E-state index is 0.141. The van der Waals surface area contributed by atoms with Gasteiger partial charge in [0.2, 0.25) is 0 Å². The van der Waals surface area contributed by atoms with Crippen molar-refractivity contribution in [2.75, 3.05) is 7.11 Å². The Morgan fingerprint density at radius 3 is 2.45 bits per heavy atom. The van der Waals surface area contributed by atoms with Gasteiger partial charge in [-0.25, -0.2) is 4.98 Å². The lowest BCUT2D eigenvalue weighted by Gasteiger charge is -2.06. The molecule has 3 aromatic rings. The van der Waals surface area contributed by atoms with Crippen LogP contribution in [0, 0.1) is 0 Å². The lowest BCUT2D eigenvalue weighted by atomic mass is 10.1. The molecule has 0 spiro atoms. The fourth-order valence-corrected chi connectivity index (χ4v) is 2.28. The van der Waals surface area contributed by atoms with E-state index in [2.05, 4.69) is 9.97 Å². The van der Waals surface area contributed by atoms with Crippen molar-refractivity contribution in [2.24, 2.45) is 0 Å². The van der Waals surface area contributed by atoms with E-state index in [0.717, 1.165) is 22.6 Å². The van der Waals surface area contributed by atoms with Crippen molar-refractivity contribution in [3.8, 4) is 17.1 Å². The summed E-state index contributed by atoms with van der Waals surface area (Å²) < 4.78 is 5.14. The Morgan fingerprint density at radius 1 is 1.05 bits per heavy atom. The molecule has 3 rings (SSSR count). The van der Waals surface area contributed by atoms with Crippen LogP contribution >= 0.6 is 0 Å². The van der Waals surface area contributed by atoms with Crippen molar-refractivity contribution >= 4 is 0 Å². The third kappa shape index (κ3) is 3.23. The monoisotopic (exact) mass is 292 g/mol. The number of hydrogen-bond acceptors (Lipinski definition) is 3. The van der Waals surface area contributed by atoms with Crippen molar-refractivity contribution in [3.63, 3.8) is 0 Å². The number of nitrogens with one attached hydrogen (secondary N) is 1. The first-order chi connectivity index (χ1) is 10.7. The molecule has 0 aliphatic rings. The molecule has 0 aliphatic carbocycles. The highest BCUT2D eigenvalue weighted by Crippen LogP contribution is 2.16. The Kier molecular flexibility index (Phi) is 4.01. The first-order valence-corrected chi connectivity index (χ1v) is 7.03. The topological polar surface area (TPSA) is 55.0 Å². The second-order valence-corrected chi connectivity index (χ2v) is 4.98. The van der Waals surface area contributed by atoms with Crippen LogP contribution in [0.15, 0.2) is 65.5 Å². The van der Waals surface area contributed by atoms with Gasteiger partial charge in [0.05, 0.1) is 12.8 Å². The maximum atomic E-state index is 11.9. The molecule has 0 amide bonds. The predicted octanol–water partition coefficient (Wildman–Crippen LogP) is 3.04. The molecule has 4 nitrogen and oxygen atoms in total. The predicted molar refractivity (Wildman–Crippen MR) is 86.1 cm³/mol. The van der Waals surface area contributed by atoms with Crippen LogP contribution in [0.5, 0.6) is 5.75 Å². The standard InChI is InChI=1S/C18H16N2O2/c1-22-16-9-7-13(8-10-16)11-15-12-17(21)20-18(19-15)14-5-3-2-4-6-14/h2-10,12H,11H2,1H3,(H,19,20,21). The van der Waals surface area contributed by atoms with Crippen LogP contribution < -0.4 is 10.3 Å². The van der Waals surface area contributed by atoms with Crippen molar-refractivity contribution in [1.82, 2.24) is 9.97 Å². The molecular weight excluding hydrogens is 276 g/mol. The zero-order valence-electron chi connectivity index (χ0n) is 12.2. The van der Waals surface area contributed by atoms with Gasteiger partial charge in [0, 0.05) is 18.1 Å². The lowest BCUT2D eigenvalue weighted by Crippen LogP contribution is -2.10. The van der Waals surface area contributed by atoms with E-state index in [4.69, 9.17) is 4.74 Å². The van der Waals surface area contributed by atoms with Crippen LogP contribution in [-0.4, -0.2) is 17.1 Å². The van der Waals surface area contributed by atoms with Gasteiger partial charge in [-0.3, -0.25) is 4.79 Å². The number of hydrogen-bond donors (Lipinski definition) is 1. The van der Waals surface area contributed by atoms with Gasteiger partial charge in [-0.15, -0.1) is 0 Å². The summed E-state index contributed by atoms with van der Waals surface area (Å²) in [6.07, 6.45) is 0.605. The summed E-state index contributed by atoms with van der Waals surface area (Å²) >= 11 is 0. The molecule has 2 aromatic carbocycles. The van der Waals surface area contributed by atoms with Gasteiger partial charge in [0.15, 0.2) is 0 Å². The molecule has 0 atom stereocenters. The first kappa shape index (κ1) is 14.1. The summed E-state index contributed by atoms with van der Waals surface area (Å²) in [6.45, 7) is 0. The van der Waals surface area contributed by atoms with Crippen LogP contribution in [0.2, 0.25) is 0 Å². The fourth-order valence-electron chi connectivity index (χ4n) is 2.28. The van der Waals surface area contributed by atoms with E-state index in [1.54, 1.807) is 7.11 Å². The molecule has 110 valence electrons. The molecule has 0 fully saturated rings. The molecule has 22 heavy (non-hydrogen) atoms. The van der Waals surface area contributed by atoms with Crippen LogP contribution in [0.25, 0.3) is 11.4 Å². The van der Waals surface area contributed by atoms with Gasteiger partial charge in [0.1, 0.15) is 11.6 Å². The summed E-state index contributed by atoms with van der Waals surface area (Å²) in [5.41, 5.74) is 2.58. The second kappa shape index (κ2) is 6.26. The molecule has 4 heteroatoms. The number of benzene rings is 2. The Morgan fingerprint density at radius 2 is 1.77 bits per heavy atom. The minimum atomic E-state index is -0.141. The number of rotatable bonds is 4. The molecule has 0 aliphatic heterocycles. The van der Waals surface area contributed by atoms with Crippen molar-refractivity contribution < 1.29 is 4.74 Å². The van der Waals surface area contributed by atoms with Crippen molar-refractivity contribution in [1.29, 1.82) is 0 Å². The molecule has 1 aromatic heterocycles. The van der Waals surface area contributed by atoms with E-state index in [1.807, 2.05) is 54.6 Å². The molecular formula is C18H16N2O2. The number of nitrogens with zero attached hydrogens (tertiary/aromatic N) is 1. The van der Waals surface area contributed by atoms with Gasteiger partial charge in [-0.1, -0.05) is 42.5 Å². The quantitative estimate of drug-likeness (QED) is 0.804. The van der Waals surface area contributed by atoms with Crippen LogP contribution in [0.4, 0.5) is 0 Å². The van der Waals surface area contributed by atoms with E-state index < -0.39 is 0 Å². The first-order valence-electron chi connectivity index (χ1n) is 7.03. The van der Waals surface area contributed by atoms with Gasteiger partial charge < -0.3 is 9.72 Å². The fraction of sp³-hybridized carbons (Fsp3) is 0.111. The number of ether oxygens (including phenoxy) is 1. The van der Waals surface area contributed by atoms with E-state index in [-0.39, 0.29) is 5.56 Å². The van der Waals surface area contributed by atoms with E-state index in [9.17, 15) is 4.79 Å². The minimum Gasteiger partial charge on any atom is -0.497 e. The van der Waals surface area contributed by atoms with E-state index in [1.165, 1.54) is 6.07 Å². The van der Waals surface area contributed by atoms with Gasteiger partial charge in [0.25, 0.3) is 5.56 Å². The maximum Gasteiger partial charge on any atom is 0.251 e. The molecule has 1 heterocycles. The smallest absolute Gasteiger partial charge is 0.251 e. The normalized spacial score (nSPS) is 10.4. The van der Waals surface area contributed by atoms with Crippen LogP contribution in [-0.2, 0) is 6.42 Å². The summed E-state index contributed by atoms with van der Waals surface area (Å²) in [6, 6.07) is 18.9. The Labute approximate surface area is 128 Å². The molecule has 0 radical (unpaired) electrons. The Balaban J connectivity index is 1.90. The molecule has 0 saturated carbocycles. The average molecular weight is 292 g/mol. The van der Waals surface area contributed by atoms with Crippen LogP contribution in [0.1, 0.15) is 11.3 Å².